The van der Waals surface area contributed by atoms with Crippen LogP contribution in [-0.4, -0.2) is 27.3 Å². The lowest BCUT2D eigenvalue weighted by molar-refractivity contribution is -0.147. The van der Waals surface area contributed by atoms with Gasteiger partial charge in [-0.2, -0.15) is 0 Å². The van der Waals surface area contributed by atoms with E-state index in [0.29, 0.717) is 11.1 Å². The number of rotatable bonds is 6. The lowest BCUT2D eigenvalue weighted by atomic mass is 9.95. The largest absolute Gasteiger partial charge is 0.479 e. The number of benzene rings is 1. The van der Waals surface area contributed by atoms with Crippen molar-refractivity contribution >= 4 is 27.7 Å². The molecule has 18 heavy (non-hydrogen) atoms. The fourth-order valence-corrected chi connectivity index (χ4v) is 1.87. The summed E-state index contributed by atoms with van der Waals surface area (Å²) in [4.78, 5) is 22.3. The molecule has 0 aliphatic rings. The first-order chi connectivity index (χ1) is 8.49. The van der Waals surface area contributed by atoms with Crippen LogP contribution in [0.15, 0.2) is 18.2 Å². The van der Waals surface area contributed by atoms with Crippen LogP contribution in [0.4, 0.5) is 0 Å². The molecule has 5 heteroatoms. The minimum Gasteiger partial charge on any atom is -0.479 e. The van der Waals surface area contributed by atoms with Crippen molar-refractivity contribution in [2.75, 3.05) is 5.33 Å². The number of aliphatic hydroxyl groups excluding tert-OH is 1. The minimum absolute atomic E-state index is 0.0573. The van der Waals surface area contributed by atoms with Gasteiger partial charge in [0.05, 0.1) is 5.33 Å². The Labute approximate surface area is 114 Å². The van der Waals surface area contributed by atoms with Gasteiger partial charge in [-0.15, -0.1) is 0 Å². The van der Waals surface area contributed by atoms with Crippen molar-refractivity contribution in [3.8, 4) is 0 Å². The van der Waals surface area contributed by atoms with E-state index in [1.54, 1.807) is 12.1 Å². The Morgan fingerprint density at radius 3 is 2.56 bits per heavy atom. The number of carbonyl (C=O) groups excluding carboxylic acids is 1. The number of aryl methyl sites for hydroxylation is 1. The number of aliphatic hydroxyl groups is 1. The molecule has 4 nitrogen and oxygen atoms in total. The minimum atomic E-state index is -1.59. The molecule has 0 spiro atoms. The van der Waals surface area contributed by atoms with Gasteiger partial charge in [0, 0.05) is 6.42 Å². The van der Waals surface area contributed by atoms with E-state index in [9.17, 15) is 14.7 Å². The van der Waals surface area contributed by atoms with E-state index in [0.717, 1.165) is 12.0 Å². The second-order valence-electron chi connectivity index (χ2n) is 3.98. The molecule has 98 valence electrons. The third-order valence-corrected chi connectivity index (χ3v) is 3.31. The van der Waals surface area contributed by atoms with Crippen LogP contribution in [0.2, 0.25) is 0 Å². The highest BCUT2D eigenvalue weighted by atomic mass is 79.9. The molecule has 1 rings (SSSR count). The first-order valence-electron chi connectivity index (χ1n) is 5.59. The third-order valence-electron chi connectivity index (χ3n) is 2.68. The van der Waals surface area contributed by atoms with E-state index in [-0.39, 0.29) is 17.5 Å². The number of halogens is 1. The highest BCUT2D eigenvalue weighted by Crippen LogP contribution is 2.21. The summed E-state index contributed by atoms with van der Waals surface area (Å²) in [6, 6.07) is 5.20. The van der Waals surface area contributed by atoms with Crippen molar-refractivity contribution in [1.82, 2.24) is 0 Å². The van der Waals surface area contributed by atoms with Crippen LogP contribution < -0.4 is 0 Å². The zero-order chi connectivity index (χ0) is 13.7. The van der Waals surface area contributed by atoms with Gasteiger partial charge in [-0.05, 0) is 23.1 Å². The number of Topliss-reactive ketones (excluding diaryl/α,β-unsaturated/α-hetero) is 1. The van der Waals surface area contributed by atoms with E-state index in [4.69, 9.17) is 5.11 Å². The van der Waals surface area contributed by atoms with Gasteiger partial charge in [-0.25, -0.2) is 4.79 Å². The predicted octanol–water partition coefficient (Wildman–Crippen LogP) is 1.87. The Morgan fingerprint density at radius 1 is 1.39 bits per heavy atom. The molecule has 0 radical (unpaired) electrons. The van der Waals surface area contributed by atoms with E-state index in [1.807, 2.05) is 13.0 Å². The molecule has 1 aromatic carbocycles. The van der Waals surface area contributed by atoms with Gasteiger partial charge in [0.15, 0.2) is 6.10 Å². The highest BCUT2D eigenvalue weighted by molar-refractivity contribution is 9.09. The first-order valence-corrected chi connectivity index (χ1v) is 6.72. The SMILES string of the molecule is CCc1ccc(CC(=O)CBr)c(C(O)C(=O)O)c1. The smallest absolute Gasteiger partial charge is 0.337 e. The predicted molar refractivity (Wildman–Crippen MR) is 70.9 cm³/mol. The molecule has 0 bridgehead atoms. The Bertz CT molecular complexity index is 456. The highest BCUT2D eigenvalue weighted by Gasteiger charge is 2.20. The molecule has 1 atom stereocenters. The molecule has 0 aromatic heterocycles. The molecular formula is C13H15BrO4. The van der Waals surface area contributed by atoms with Crippen molar-refractivity contribution in [2.45, 2.75) is 25.9 Å². The molecule has 0 saturated heterocycles. The molecule has 0 heterocycles. The van der Waals surface area contributed by atoms with Gasteiger partial charge in [-0.1, -0.05) is 41.1 Å². The summed E-state index contributed by atoms with van der Waals surface area (Å²) in [7, 11) is 0. The maximum Gasteiger partial charge on any atom is 0.337 e. The summed E-state index contributed by atoms with van der Waals surface area (Å²) < 4.78 is 0. The summed E-state index contributed by atoms with van der Waals surface area (Å²) in [6.45, 7) is 1.94. The summed E-state index contributed by atoms with van der Waals surface area (Å²) in [5, 5.41) is 18.7. The van der Waals surface area contributed by atoms with E-state index in [1.165, 1.54) is 0 Å². The zero-order valence-corrected chi connectivity index (χ0v) is 11.6. The summed E-state index contributed by atoms with van der Waals surface area (Å²) in [6.07, 6.45) is -0.726. The number of ketones is 1. The molecular weight excluding hydrogens is 300 g/mol. The van der Waals surface area contributed by atoms with E-state index >= 15 is 0 Å². The first kappa shape index (κ1) is 14.9. The fourth-order valence-electron chi connectivity index (χ4n) is 1.67. The van der Waals surface area contributed by atoms with Gasteiger partial charge in [0.1, 0.15) is 5.78 Å². The molecule has 2 N–H and O–H groups in total. The molecule has 1 aromatic rings. The maximum atomic E-state index is 11.4. The van der Waals surface area contributed by atoms with Crippen LogP contribution in [0.1, 0.15) is 29.7 Å². The van der Waals surface area contributed by atoms with Crippen molar-refractivity contribution in [3.63, 3.8) is 0 Å². The van der Waals surface area contributed by atoms with Crippen LogP contribution in [0.25, 0.3) is 0 Å². The topological polar surface area (TPSA) is 74.6 Å². The molecule has 0 amide bonds. The van der Waals surface area contributed by atoms with Gasteiger partial charge in [-0.3, -0.25) is 4.79 Å². The van der Waals surface area contributed by atoms with Crippen LogP contribution in [0.5, 0.6) is 0 Å². The van der Waals surface area contributed by atoms with E-state index < -0.39 is 12.1 Å². The molecule has 0 aliphatic heterocycles. The van der Waals surface area contributed by atoms with Crippen molar-refractivity contribution in [3.05, 3.63) is 34.9 Å². The fraction of sp³-hybridized carbons (Fsp3) is 0.385. The summed E-state index contributed by atoms with van der Waals surface area (Å²) in [5.41, 5.74) is 1.79. The monoisotopic (exact) mass is 314 g/mol. The summed E-state index contributed by atoms with van der Waals surface area (Å²) in [5.74, 6) is -1.37. The molecule has 0 fully saturated rings. The lowest BCUT2D eigenvalue weighted by Crippen LogP contribution is -2.15. The van der Waals surface area contributed by atoms with Gasteiger partial charge in [0.2, 0.25) is 0 Å². The average Bonchev–Trinajstić information content (AvgIpc) is 2.38. The normalized spacial score (nSPS) is 12.2. The second kappa shape index (κ2) is 6.66. The quantitative estimate of drug-likeness (QED) is 0.786. The second-order valence-corrected chi connectivity index (χ2v) is 4.54. The number of alkyl halides is 1. The Balaban J connectivity index is 3.15. The molecule has 0 saturated carbocycles. The number of hydrogen-bond acceptors (Lipinski definition) is 3. The number of carboxylic acid groups (broad SMARTS) is 1. The van der Waals surface area contributed by atoms with Crippen LogP contribution in [0.3, 0.4) is 0 Å². The van der Waals surface area contributed by atoms with Crippen molar-refractivity contribution in [2.24, 2.45) is 0 Å². The Morgan fingerprint density at radius 2 is 2.06 bits per heavy atom. The number of carbonyl (C=O) groups is 2. The Hall–Kier alpha value is -1.20. The standard InChI is InChI=1S/C13H15BrO4/c1-2-8-3-4-9(6-10(15)7-14)11(5-8)12(16)13(17)18/h3-5,12,16H,2,6-7H2,1H3,(H,17,18). The number of carboxylic acids is 1. The molecule has 1 unspecified atom stereocenters. The van der Waals surface area contributed by atoms with Crippen molar-refractivity contribution < 1.29 is 19.8 Å². The van der Waals surface area contributed by atoms with Crippen LogP contribution in [-0.2, 0) is 22.4 Å². The maximum absolute atomic E-state index is 11.4. The zero-order valence-electron chi connectivity index (χ0n) is 10.0. The number of aliphatic carboxylic acids is 1. The van der Waals surface area contributed by atoms with E-state index in [2.05, 4.69) is 15.9 Å². The number of hydrogen-bond donors (Lipinski definition) is 2. The van der Waals surface area contributed by atoms with Gasteiger partial charge in [0.25, 0.3) is 0 Å². The molecule has 0 aliphatic carbocycles. The van der Waals surface area contributed by atoms with Crippen molar-refractivity contribution in [1.29, 1.82) is 0 Å². The summed E-state index contributed by atoms with van der Waals surface area (Å²) >= 11 is 3.06. The van der Waals surface area contributed by atoms with Gasteiger partial charge >= 0.3 is 5.97 Å². The third kappa shape index (κ3) is 3.65. The lowest BCUT2D eigenvalue weighted by Gasteiger charge is -2.13. The van der Waals surface area contributed by atoms with Gasteiger partial charge < -0.3 is 10.2 Å². The van der Waals surface area contributed by atoms with Crippen LogP contribution >= 0.6 is 15.9 Å². The average molecular weight is 315 g/mol. The Kier molecular flexibility index (Phi) is 5.50. The van der Waals surface area contributed by atoms with Crippen LogP contribution in [0, 0.1) is 0 Å².